The molecule has 0 N–H and O–H groups in total. The number of nitrogens with zero attached hydrogens (tertiary/aromatic N) is 4. The third kappa shape index (κ3) is 4.48. The Hall–Kier alpha value is -1.14. The topological polar surface area (TPSA) is 46.6 Å². The van der Waals surface area contributed by atoms with Crippen LogP contribution in [-0.2, 0) is 9.59 Å². The summed E-state index contributed by atoms with van der Waals surface area (Å²) in [5.41, 5.74) is 0. The molecular weight excluding hydrogens is 304 g/mol. The standard InChI is InChI=1S/2C9H18N2O/c2*1-6-7(2)11(6)9(12)8(3)10(4)5/h2*6-8H,1-5H3/t2*6?,7?,8-,11?/m10/s1. The fourth-order valence-electron chi connectivity index (χ4n) is 2.68. The highest BCUT2D eigenvalue weighted by Crippen LogP contribution is 2.28. The second-order valence-corrected chi connectivity index (χ2v) is 7.73. The fraction of sp³-hybridized carbons (Fsp3) is 0.889. The average Bonchev–Trinajstić information content (AvgIpc) is 3.32. The summed E-state index contributed by atoms with van der Waals surface area (Å²) in [4.78, 5) is 31.1. The van der Waals surface area contributed by atoms with Gasteiger partial charge in [-0.15, -0.1) is 0 Å². The van der Waals surface area contributed by atoms with Crippen LogP contribution in [0, 0.1) is 0 Å². The van der Waals surface area contributed by atoms with E-state index in [1.54, 1.807) is 0 Å². The van der Waals surface area contributed by atoms with E-state index < -0.39 is 0 Å². The maximum absolute atomic E-state index is 11.7. The normalized spacial score (nSPS) is 30.7. The van der Waals surface area contributed by atoms with Gasteiger partial charge in [-0.2, -0.15) is 0 Å². The Morgan fingerprint density at radius 2 is 0.875 bits per heavy atom. The number of likely N-dealkylation sites (N-methyl/N-ethyl adjacent to an activating group) is 2. The van der Waals surface area contributed by atoms with E-state index >= 15 is 0 Å². The Morgan fingerprint density at radius 1 is 0.667 bits per heavy atom. The zero-order chi connectivity index (χ0) is 18.9. The molecule has 6 nitrogen and oxygen atoms in total. The molecule has 0 aromatic carbocycles. The van der Waals surface area contributed by atoms with E-state index in [4.69, 9.17) is 0 Å². The molecule has 4 unspecified atom stereocenters. The molecule has 0 aromatic rings. The predicted octanol–water partition coefficient (Wildman–Crippen LogP) is 1.11. The first-order chi connectivity index (χ1) is 10.9. The van der Waals surface area contributed by atoms with E-state index in [1.165, 1.54) is 0 Å². The summed E-state index contributed by atoms with van der Waals surface area (Å²) in [6, 6.07) is 1.80. The van der Waals surface area contributed by atoms with Crippen molar-refractivity contribution in [3.8, 4) is 0 Å². The maximum Gasteiger partial charge on any atom is 0.240 e. The Bertz CT molecular complexity index is 386. The van der Waals surface area contributed by atoms with Gasteiger partial charge < -0.3 is 9.80 Å². The molecule has 0 aliphatic carbocycles. The van der Waals surface area contributed by atoms with Gasteiger partial charge in [0, 0.05) is 24.2 Å². The smallest absolute Gasteiger partial charge is 0.240 e. The number of carbonyl (C=O) groups is 2. The largest absolute Gasteiger partial charge is 0.332 e. The summed E-state index contributed by atoms with van der Waals surface area (Å²) in [5.74, 6) is 0.500. The minimum atomic E-state index is 0.0115. The van der Waals surface area contributed by atoms with Gasteiger partial charge in [0.05, 0.1) is 12.1 Å². The van der Waals surface area contributed by atoms with Crippen LogP contribution in [0.15, 0.2) is 0 Å². The first-order valence-corrected chi connectivity index (χ1v) is 8.90. The molecule has 2 rings (SSSR count). The third-order valence-electron chi connectivity index (χ3n) is 5.74. The lowest BCUT2D eigenvalue weighted by Crippen LogP contribution is -2.37. The van der Waals surface area contributed by atoms with E-state index in [2.05, 4.69) is 27.7 Å². The number of hydrogen-bond acceptors (Lipinski definition) is 4. The van der Waals surface area contributed by atoms with Gasteiger partial charge in [0.2, 0.25) is 11.8 Å². The minimum Gasteiger partial charge on any atom is -0.332 e. The van der Waals surface area contributed by atoms with Crippen molar-refractivity contribution in [3.05, 3.63) is 0 Å². The molecule has 2 aliphatic rings. The Kier molecular flexibility index (Phi) is 6.82. The van der Waals surface area contributed by atoms with Crippen LogP contribution in [0.1, 0.15) is 41.5 Å². The van der Waals surface area contributed by atoms with Gasteiger partial charge in [-0.05, 0) is 69.7 Å². The predicted molar refractivity (Wildman–Crippen MR) is 97.8 cm³/mol. The van der Waals surface area contributed by atoms with E-state index in [9.17, 15) is 9.59 Å². The molecule has 6 atom stereocenters. The summed E-state index contributed by atoms with van der Waals surface area (Å²) in [6.07, 6.45) is 0. The second-order valence-electron chi connectivity index (χ2n) is 7.73. The molecule has 2 saturated heterocycles. The van der Waals surface area contributed by atoms with Crippen molar-refractivity contribution < 1.29 is 9.59 Å². The van der Waals surface area contributed by atoms with E-state index in [0.717, 1.165) is 0 Å². The van der Waals surface area contributed by atoms with Gasteiger partial charge in [0.1, 0.15) is 0 Å². The molecule has 24 heavy (non-hydrogen) atoms. The van der Waals surface area contributed by atoms with Crippen molar-refractivity contribution in [2.45, 2.75) is 77.8 Å². The average molecular weight is 341 g/mol. The molecular formula is C18H36N4O2. The second kappa shape index (κ2) is 7.83. The highest BCUT2D eigenvalue weighted by Gasteiger charge is 2.46. The molecule has 6 heteroatoms. The number of rotatable bonds is 4. The van der Waals surface area contributed by atoms with Crippen molar-refractivity contribution >= 4 is 11.8 Å². The maximum atomic E-state index is 11.7. The third-order valence-corrected chi connectivity index (χ3v) is 5.74. The van der Waals surface area contributed by atoms with Crippen molar-refractivity contribution in [1.29, 1.82) is 0 Å². The number of carbonyl (C=O) groups excluding carboxylic acids is 2. The van der Waals surface area contributed by atoms with Crippen molar-refractivity contribution in [2.75, 3.05) is 28.2 Å². The summed E-state index contributed by atoms with van der Waals surface area (Å²) in [6.45, 7) is 12.2. The zero-order valence-corrected chi connectivity index (χ0v) is 17.1. The lowest BCUT2D eigenvalue weighted by molar-refractivity contribution is -0.131. The van der Waals surface area contributed by atoms with Gasteiger partial charge in [-0.3, -0.25) is 19.4 Å². The quantitative estimate of drug-likeness (QED) is 0.720. The summed E-state index contributed by atoms with van der Waals surface area (Å²) < 4.78 is 0. The molecule has 0 saturated carbocycles. The number of amides is 2. The molecule has 0 radical (unpaired) electrons. The lowest BCUT2D eigenvalue weighted by atomic mass is 10.3. The van der Waals surface area contributed by atoms with Crippen molar-refractivity contribution in [2.24, 2.45) is 0 Å². The van der Waals surface area contributed by atoms with E-state index in [0.29, 0.717) is 24.2 Å². The molecule has 2 amide bonds. The minimum absolute atomic E-state index is 0.0115. The summed E-state index contributed by atoms with van der Waals surface area (Å²) >= 11 is 0. The monoisotopic (exact) mass is 340 g/mol. The first-order valence-electron chi connectivity index (χ1n) is 8.90. The fourth-order valence-corrected chi connectivity index (χ4v) is 2.68. The molecule has 2 heterocycles. The van der Waals surface area contributed by atoms with Gasteiger partial charge >= 0.3 is 0 Å². The van der Waals surface area contributed by atoms with Crippen LogP contribution in [0.3, 0.4) is 0 Å². The van der Waals surface area contributed by atoms with Gasteiger partial charge in [0.15, 0.2) is 0 Å². The summed E-state index contributed by atoms with van der Waals surface area (Å²) in [5, 5.41) is 0. The van der Waals surface area contributed by atoms with E-state index in [1.807, 2.05) is 61.6 Å². The van der Waals surface area contributed by atoms with Crippen LogP contribution in [0.2, 0.25) is 0 Å². The van der Waals surface area contributed by atoms with Crippen LogP contribution in [-0.4, -0.2) is 95.9 Å². The van der Waals surface area contributed by atoms with Crippen LogP contribution in [0.25, 0.3) is 0 Å². The van der Waals surface area contributed by atoms with Crippen LogP contribution in [0.4, 0.5) is 0 Å². The van der Waals surface area contributed by atoms with E-state index in [-0.39, 0.29) is 23.9 Å². The Balaban J connectivity index is 0.000000240. The zero-order valence-electron chi connectivity index (χ0n) is 17.1. The van der Waals surface area contributed by atoms with Crippen LogP contribution < -0.4 is 0 Å². The molecule has 0 aromatic heterocycles. The SMILES string of the molecule is CC1C(C)N1C(=O)[C@@H](C)N(C)C.CC1C(C)N1C(=O)[C@H](C)N(C)C. The first kappa shape index (κ1) is 20.9. The van der Waals surface area contributed by atoms with Crippen molar-refractivity contribution in [3.63, 3.8) is 0 Å². The number of hydrogen-bond donors (Lipinski definition) is 0. The van der Waals surface area contributed by atoms with Crippen molar-refractivity contribution in [1.82, 2.24) is 19.6 Å². The molecule has 0 spiro atoms. The van der Waals surface area contributed by atoms with Gasteiger partial charge in [-0.1, -0.05) is 0 Å². The Morgan fingerprint density at radius 3 is 1.00 bits per heavy atom. The lowest BCUT2D eigenvalue weighted by Gasteiger charge is -2.19. The summed E-state index contributed by atoms with van der Waals surface area (Å²) in [7, 11) is 7.73. The highest BCUT2D eigenvalue weighted by atomic mass is 16.2. The van der Waals surface area contributed by atoms with Gasteiger partial charge in [-0.25, -0.2) is 0 Å². The molecule has 2 fully saturated rings. The Labute approximate surface area is 147 Å². The van der Waals surface area contributed by atoms with Crippen LogP contribution in [0.5, 0.6) is 0 Å². The van der Waals surface area contributed by atoms with Crippen LogP contribution >= 0.6 is 0 Å². The molecule has 140 valence electrons. The van der Waals surface area contributed by atoms with Gasteiger partial charge in [0.25, 0.3) is 0 Å². The highest BCUT2D eigenvalue weighted by molar-refractivity contribution is 5.84. The molecule has 0 bridgehead atoms. The molecule has 2 aliphatic heterocycles.